The zero-order valence-electron chi connectivity index (χ0n) is 14.0. The maximum absolute atomic E-state index is 13.1. The molecule has 5 rings (SSSR count). The van der Waals surface area contributed by atoms with Gasteiger partial charge in [-0.15, -0.1) is 5.10 Å². The van der Waals surface area contributed by atoms with Gasteiger partial charge in [0, 0.05) is 17.6 Å². The lowest BCUT2D eigenvalue weighted by atomic mass is 10.1. The van der Waals surface area contributed by atoms with E-state index < -0.39 is 0 Å². The molecular weight excluding hydrogens is 324 g/mol. The van der Waals surface area contributed by atoms with Crippen LogP contribution in [0.2, 0.25) is 0 Å². The molecule has 2 aromatic heterocycles. The molecule has 2 heterocycles. The third-order valence-corrected chi connectivity index (χ3v) is 4.79. The topological polar surface area (TPSA) is 59.3 Å². The monoisotopic (exact) mass is 340 g/mol. The van der Waals surface area contributed by atoms with Crippen molar-refractivity contribution in [1.82, 2.24) is 14.8 Å². The molecule has 3 aromatic carbocycles. The highest BCUT2D eigenvalue weighted by Gasteiger charge is 2.17. The van der Waals surface area contributed by atoms with Gasteiger partial charge in [-0.2, -0.15) is 0 Å². The molecule has 0 saturated heterocycles. The molecule has 126 valence electrons. The number of aromatic nitrogens is 3. The summed E-state index contributed by atoms with van der Waals surface area (Å²) in [5, 5.41) is 13.2. The fourth-order valence-electron chi connectivity index (χ4n) is 3.53. The Morgan fingerprint density at radius 2 is 1.73 bits per heavy atom. The number of para-hydroxylation sites is 1. The van der Waals surface area contributed by atoms with Gasteiger partial charge in [-0.3, -0.25) is 4.79 Å². The second-order valence-electron chi connectivity index (χ2n) is 6.37. The second-order valence-corrected chi connectivity index (χ2v) is 6.37. The van der Waals surface area contributed by atoms with Crippen molar-refractivity contribution in [3.63, 3.8) is 0 Å². The minimum absolute atomic E-state index is 0.0169. The lowest BCUT2D eigenvalue weighted by Crippen LogP contribution is -2.12. The average Bonchev–Trinajstić information content (AvgIpc) is 3.12. The molecule has 0 atom stereocenters. The normalized spacial score (nSPS) is 11.5. The van der Waals surface area contributed by atoms with E-state index in [4.69, 9.17) is 0 Å². The average molecular weight is 340 g/mol. The minimum Gasteiger partial charge on any atom is -0.384 e. The van der Waals surface area contributed by atoms with E-state index >= 15 is 0 Å². The maximum Gasteiger partial charge on any atom is 0.199 e. The van der Waals surface area contributed by atoms with Gasteiger partial charge < -0.3 is 5.32 Å². The van der Waals surface area contributed by atoms with Crippen LogP contribution in [-0.4, -0.2) is 21.4 Å². The van der Waals surface area contributed by atoms with Gasteiger partial charge in [-0.1, -0.05) is 47.7 Å². The number of nitrogens with one attached hydrogen (secondary N) is 1. The predicted molar refractivity (Wildman–Crippen MR) is 104 cm³/mol. The van der Waals surface area contributed by atoms with Crippen LogP contribution >= 0.6 is 0 Å². The minimum atomic E-state index is 0.0169. The molecule has 26 heavy (non-hydrogen) atoms. The zero-order valence-corrected chi connectivity index (χ0v) is 14.0. The molecular formula is C21H16N4O. The quantitative estimate of drug-likeness (QED) is 0.509. The zero-order chi connectivity index (χ0) is 17.5. The van der Waals surface area contributed by atoms with E-state index in [9.17, 15) is 4.79 Å². The van der Waals surface area contributed by atoms with Crippen LogP contribution in [0.3, 0.4) is 0 Å². The molecule has 5 heteroatoms. The SMILES string of the molecule is O=c1c2ccccc2n2nnc3ccc(NCCc4ccccc4)c1c32. The standard InChI is InChI=1S/C21H16N4O/c26-21-15-8-4-5-9-18(15)25-20-17(23-24-25)11-10-16(19(20)21)22-13-12-14-6-2-1-3-7-14/h1-11,22H,12-13H2. The first kappa shape index (κ1) is 14.8. The smallest absolute Gasteiger partial charge is 0.199 e. The Balaban J connectivity index is 1.63. The van der Waals surface area contributed by atoms with E-state index in [-0.39, 0.29) is 5.43 Å². The van der Waals surface area contributed by atoms with E-state index in [1.807, 2.05) is 54.6 Å². The molecule has 0 radical (unpaired) electrons. The number of pyridine rings is 1. The van der Waals surface area contributed by atoms with Crippen LogP contribution in [0.25, 0.3) is 27.3 Å². The molecule has 0 amide bonds. The Morgan fingerprint density at radius 3 is 2.62 bits per heavy atom. The Morgan fingerprint density at radius 1 is 0.923 bits per heavy atom. The summed E-state index contributed by atoms with van der Waals surface area (Å²) in [6.07, 6.45) is 0.889. The van der Waals surface area contributed by atoms with Gasteiger partial charge in [-0.05, 0) is 36.2 Å². The van der Waals surface area contributed by atoms with Crippen molar-refractivity contribution in [2.24, 2.45) is 0 Å². The summed E-state index contributed by atoms with van der Waals surface area (Å²) in [5.41, 5.74) is 4.40. The number of nitrogens with zero attached hydrogens (tertiary/aromatic N) is 3. The Kier molecular flexibility index (Phi) is 3.31. The van der Waals surface area contributed by atoms with E-state index in [0.29, 0.717) is 10.8 Å². The van der Waals surface area contributed by atoms with Crippen molar-refractivity contribution in [3.05, 3.63) is 82.5 Å². The second kappa shape index (κ2) is 5.81. The lowest BCUT2D eigenvalue weighted by molar-refractivity contribution is 0.890. The molecule has 5 aromatic rings. The third-order valence-electron chi connectivity index (χ3n) is 4.79. The first-order valence-electron chi connectivity index (χ1n) is 8.63. The van der Waals surface area contributed by atoms with Crippen LogP contribution in [0.5, 0.6) is 0 Å². The molecule has 0 bridgehead atoms. The van der Waals surface area contributed by atoms with Gasteiger partial charge in [0.15, 0.2) is 5.43 Å². The van der Waals surface area contributed by atoms with E-state index in [2.05, 4.69) is 27.8 Å². The van der Waals surface area contributed by atoms with Gasteiger partial charge in [0.05, 0.1) is 10.9 Å². The first-order chi connectivity index (χ1) is 12.8. The van der Waals surface area contributed by atoms with Crippen molar-refractivity contribution < 1.29 is 0 Å². The van der Waals surface area contributed by atoms with Gasteiger partial charge in [0.2, 0.25) is 0 Å². The van der Waals surface area contributed by atoms with Crippen LogP contribution in [-0.2, 0) is 6.42 Å². The number of rotatable bonds is 4. The third kappa shape index (κ3) is 2.21. The van der Waals surface area contributed by atoms with Crippen LogP contribution in [0.1, 0.15) is 5.56 Å². The van der Waals surface area contributed by atoms with Gasteiger partial charge >= 0.3 is 0 Å². The summed E-state index contributed by atoms with van der Waals surface area (Å²) >= 11 is 0. The van der Waals surface area contributed by atoms with Crippen LogP contribution in [0.4, 0.5) is 5.69 Å². The molecule has 1 N–H and O–H groups in total. The molecule has 0 aliphatic rings. The van der Waals surface area contributed by atoms with Crippen LogP contribution in [0.15, 0.2) is 71.5 Å². The molecule has 0 aliphatic heterocycles. The summed E-state index contributed by atoms with van der Waals surface area (Å²) in [6.45, 7) is 0.749. The Hall–Kier alpha value is -3.47. The number of fused-ring (bicyclic) bond motifs is 2. The summed E-state index contributed by atoms with van der Waals surface area (Å²) in [6, 6.07) is 21.7. The van der Waals surface area contributed by atoms with Crippen molar-refractivity contribution in [2.75, 3.05) is 11.9 Å². The van der Waals surface area contributed by atoms with Crippen molar-refractivity contribution in [1.29, 1.82) is 0 Å². The highest BCUT2D eigenvalue weighted by molar-refractivity contribution is 6.06. The fourth-order valence-corrected chi connectivity index (χ4v) is 3.53. The van der Waals surface area contributed by atoms with Crippen LogP contribution < -0.4 is 10.7 Å². The van der Waals surface area contributed by atoms with Crippen molar-refractivity contribution in [3.8, 4) is 0 Å². The van der Waals surface area contributed by atoms with Gasteiger partial charge in [-0.25, -0.2) is 4.52 Å². The molecule has 0 unspecified atom stereocenters. The van der Waals surface area contributed by atoms with E-state index in [1.165, 1.54) is 5.56 Å². The number of hydrogen-bond donors (Lipinski definition) is 1. The summed E-state index contributed by atoms with van der Waals surface area (Å²) in [7, 11) is 0. The van der Waals surface area contributed by atoms with E-state index in [0.717, 1.165) is 35.2 Å². The molecule has 0 aliphatic carbocycles. The molecule has 0 fully saturated rings. The summed E-state index contributed by atoms with van der Waals surface area (Å²) in [5.74, 6) is 0. The van der Waals surface area contributed by atoms with E-state index in [1.54, 1.807) is 4.52 Å². The van der Waals surface area contributed by atoms with Gasteiger partial charge in [0.1, 0.15) is 11.0 Å². The molecule has 5 nitrogen and oxygen atoms in total. The Bertz CT molecular complexity index is 1280. The molecule has 0 spiro atoms. The summed E-state index contributed by atoms with van der Waals surface area (Å²) in [4.78, 5) is 13.1. The van der Waals surface area contributed by atoms with Crippen molar-refractivity contribution in [2.45, 2.75) is 6.42 Å². The highest BCUT2D eigenvalue weighted by Crippen LogP contribution is 2.27. The largest absolute Gasteiger partial charge is 0.384 e. The number of anilines is 1. The van der Waals surface area contributed by atoms with Crippen LogP contribution in [0, 0.1) is 0 Å². The Labute approximate surface area is 149 Å². The summed E-state index contributed by atoms with van der Waals surface area (Å²) < 4.78 is 1.77. The molecule has 0 saturated carbocycles. The number of hydrogen-bond acceptors (Lipinski definition) is 4. The van der Waals surface area contributed by atoms with Gasteiger partial charge in [0.25, 0.3) is 0 Å². The highest BCUT2D eigenvalue weighted by atomic mass is 16.1. The van der Waals surface area contributed by atoms with Crippen molar-refractivity contribution >= 4 is 33.0 Å². The fraction of sp³-hybridized carbons (Fsp3) is 0.0952. The predicted octanol–water partition coefficient (Wildman–Crippen LogP) is 3.49. The lowest BCUT2D eigenvalue weighted by Gasteiger charge is -2.10. The first-order valence-corrected chi connectivity index (χ1v) is 8.63. The number of benzene rings is 3. The maximum atomic E-state index is 13.1.